The van der Waals surface area contributed by atoms with Crippen LogP contribution in [0.1, 0.15) is 89.1 Å². The second-order valence-corrected chi connectivity index (χ2v) is 24.2. The monoisotopic (exact) mass is 583 g/mol. The SMILES string of the molecule is CN(C)c1ccc(C(=O)O[C@H]2CC[C@H](c3ccc(O[Si](C)(C)C(C)(C)C)cc3O[Si](C)(C)C(C)(C)C)CC2)cc1. The number of ether oxygens (including phenoxy) is 1. The minimum atomic E-state index is -2.06. The van der Waals surface area contributed by atoms with Crippen molar-refractivity contribution in [2.45, 2.75) is 116 Å². The predicted octanol–water partition coefficient (Wildman–Crippen LogP) is 9.40. The highest BCUT2D eigenvalue weighted by Gasteiger charge is 2.41. The van der Waals surface area contributed by atoms with E-state index in [1.54, 1.807) is 0 Å². The van der Waals surface area contributed by atoms with E-state index in [-0.39, 0.29) is 22.1 Å². The molecule has 0 atom stereocenters. The molecular formula is C33H53NO4Si2. The normalized spacial score (nSPS) is 18.7. The number of carbonyl (C=O) groups excluding carboxylic acids is 1. The van der Waals surface area contributed by atoms with E-state index in [9.17, 15) is 4.79 Å². The zero-order chi connectivity index (χ0) is 30.1. The Hall–Kier alpha value is -2.26. The van der Waals surface area contributed by atoms with Crippen LogP contribution in [0.25, 0.3) is 0 Å². The van der Waals surface area contributed by atoms with Crippen LogP contribution in [0, 0.1) is 0 Å². The molecule has 7 heteroatoms. The highest BCUT2D eigenvalue weighted by atomic mass is 28.4. The molecule has 2 aromatic rings. The fraction of sp³-hybridized carbons (Fsp3) is 0.606. The van der Waals surface area contributed by atoms with Crippen LogP contribution in [-0.4, -0.2) is 42.8 Å². The molecule has 0 aromatic heterocycles. The highest BCUT2D eigenvalue weighted by molar-refractivity contribution is 6.75. The molecule has 0 bridgehead atoms. The summed E-state index contributed by atoms with van der Waals surface area (Å²) in [7, 11) is -0.0581. The zero-order valence-corrected chi connectivity index (χ0v) is 29.1. The van der Waals surface area contributed by atoms with Gasteiger partial charge < -0.3 is 18.5 Å². The Morgan fingerprint density at radius 3 is 1.80 bits per heavy atom. The summed E-state index contributed by atoms with van der Waals surface area (Å²) < 4.78 is 19.6. The Morgan fingerprint density at radius 2 is 1.30 bits per heavy atom. The molecular weight excluding hydrogens is 531 g/mol. The molecule has 5 nitrogen and oxygen atoms in total. The second-order valence-electron chi connectivity index (χ2n) is 14.7. The number of hydrogen-bond donors (Lipinski definition) is 0. The van der Waals surface area contributed by atoms with Gasteiger partial charge in [0.15, 0.2) is 0 Å². The van der Waals surface area contributed by atoms with Gasteiger partial charge in [0, 0.05) is 25.8 Å². The van der Waals surface area contributed by atoms with Crippen LogP contribution in [0.5, 0.6) is 11.5 Å². The molecule has 1 fully saturated rings. The molecule has 1 aliphatic carbocycles. The van der Waals surface area contributed by atoms with E-state index in [2.05, 4.69) is 85.9 Å². The lowest BCUT2D eigenvalue weighted by Gasteiger charge is -2.39. The number of carbonyl (C=O) groups is 1. The van der Waals surface area contributed by atoms with Crippen LogP contribution in [0.3, 0.4) is 0 Å². The molecule has 0 N–H and O–H groups in total. The summed E-state index contributed by atoms with van der Waals surface area (Å²) in [5.74, 6) is 2.02. The second kappa shape index (κ2) is 11.9. The third-order valence-corrected chi connectivity index (χ3v) is 18.0. The molecule has 1 saturated carbocycles. The minimum Gasteiger partial charge on any atom is -0.543 e. The van der Waals surface area contributed by atoms with Crippen molar-refractivity contribution < 1.29 is 18.4 Å². The minimum absolute atomic E-state index is 0.0526. The van der Waals surface area contributed by atoms with Gasteiger partial charge in [-0.15, -0.1) is 0 Å². The van der Waals surface area contributed by atoms with Gasteiger partial charge in [-0.05, 0) is 104 Å². The van der Waals surface area contributed by atoms with Crippen molar-refractivity contribution in [2.75, 3.05) is 19.0 Å². The lowest BCUT2D eigenvalue weighted by Crippen LogP contribution is -2.44. The van der Waals surface area contributed by atoms with E-state index in [4.69, 9.17) is 13.6 Å². The van der Waals surface area contributed by atoms with E-state index in [1.165, 1.54) is 5.56 Å². The van der Waals surface area contributed by atoms with Crippen LogP contribution >= 0.6 is 0 Å². The molecule has 0 amide bonds. The van der Waals surface area contributed by atoms with Crippen molar-refractivity contribution in [3.05, 3.63) is 53.6 Å². The number of hydrogen-bond acceptors (Lipinski definition) is 5. The molecule has 0 saturated heterocycles. The maximum atomic E-state index is 12.8. The fourth-order valence-electron chi connectivity index (χ4n) is 4.49. The Kier molecular flexibility index (Phi) is 9.62. The molecule has 40 heavy (non-hydrogen) atoms. The number of rotatable bonds is 8. The highest BCUT2D eigenvalue weighted by Crippen LogP contribution is 2.45. The molecule has 0 spiro atoms. The first-order chi connectivity index (χ1) is 18.3. The Bertz CT molecular complexity index is 1150. The Labute approximate surface area is 245 Å². The maximum Gasteiger partial charge on any atom is 0.338 e. The standard InChI is InChI=1S/C33H53NO4Si2/c1-32(2,3)39(9,10)37-28-21-22-29(30(23-28)38-40(11,12)33(4,5)6)24-15-19-27(20-16-24)36-31(35)25-13-17-26(18-14-25)34(7)8/h13-14,17-18,21-24,27H,15-16,19-20H2,1-12H3/t24-,27-. The van der Waals surface area contributed by atoms with Crippen molar-refractivity contribution >= 4 is 28.3 Å². The average molecular weight is 584 g/mol. The van der Waals surface area contributed by atoms with E-state index >= 15 is 0 Å². The first-order valence-electron chi connectivity index (χ1n) is 14.8. The van der Waals surface area contributed by atoms with Crippen molar-refractivity contribution in [3.63, 3.8) is 0 Å². The molecule has 1 aliphatic rings. The predicted molar refractivity (Wildman–Crippen MR) is 173 cm³/mol. The molecule has 3 rings (SSSR count). The van der Waals surface area contributed by atoms with Gasteiger partial charge in [-0.2, -0.15) is 0 Å². The summed E-state index contributed by atoms with van der Waals surface area (Å²) in [4.78, 5) is 14.8. The molecule has 0 heterocycles. The van der Waals surface area contributed by atoms with E-state index in [0.717, 1.165) is 42.9 Å². The number of nitrogens with zero attached hydrogens (tertiary/aromatic N) is 1. The van der Waals surface area contributed by atoms with Gasteiger partial charge in [-0.25, -0.2) is 4.79 Å². The van der Waals surface area contributed by atoms with Crippen LogP contribution in [0.2, 0.25) is 36.3 Å². The fourth-order valence-corrected chi connectivity index (χ4v) is 6.54. The van der Waals surface area contributed by atoms with E-state index in [0.29, 0.717) is 11.5 Å². The summed E-state index contributed by atoms with van der Waals surface area (Å²) in [6.07, 6.45) is 3.59. The lowest BCUT2D eigenvalue weighted by atomic mass is 9.82. The van der Waals surface area contributed by atoms with Crippen LogP contribution in [0.15, 0.2) is 42.5 Å². The maximum absolute atomic E-state index is 12.8. The zero-order valence-electron chi connectivity index (χ0n) is 27.1. The third kappa shape index (κ3) is 7.72. The van der Waals surface area contributed by atoms with E-state index < -0.39 is 16.6 Å². The summed E-state index contributed by atoms with van der Waals surface area (Å²) in [6, 6.07) is 14.1. The quantitative estimate of drug-likeness (QED) is 0.229. The van der Waals surface area contributed by atoms with Gasteiger partial charge in [0.05, 0.1) is 5.56 Å². The van der Waals surface area contributed by atoms with Crippen LogP contribution in [0.4, 0.5) is 5.69 Å². The molecule has 0 unspecified atom stereocenters. The first kappa shape index (κ1) is 32.3. The summed E-state index contributed by atoms with van der Waals surface area (Å²) in [5, 5.41) is 0.216. The molecule has 222 valence electrons. The first-order valence-corrected chi connectivity index (χ1v) is 20.6. The summed E-state index contributed by atoms with van der Waals surface area (Å²) in [6.45, 7) is 22.8. The van der Waals surface area contributed by atoms with Gasteiger partial charge in [-0.3, -0.25) is 0 Å². The van der Waals surface area contributed by atoms with Gasteiger partial charge in [-0.1, -0.05) is 47.6 Å². The number of esters is 1. The smallest absolute Gasteiger partial charge is 0.338 e. The Balaban J connectivity index is 1.77. The third-order valence-electron chi connectivity index (χ3n) is 9.34. The largest absolute Gasteiger partial charge is 0.543 e. The number of anilines is 1. The van der Waals surface area contributed by atoms with Crippen LogP contribution < -0.4 is 13.8 Å². The van der Waals surface area contributed by atoms with Gasteiger partial charge in [0.25, 0.3) is 0 Å². The van der Waals surface area contributed by atoms with Crippen molar-refractivity contribution in [1.82, 2.24) is 0 Å². The van der Waals surface area contributed by atoms with Crippen molar-refractivity contribution in [1.29, 1.82) is 0 Å². The van der Waals surface area contributed by atoms with E-state index in [1.807, 2.05) is 43.3 Å². The van der Waals surface area contributed by atoms with Crippen molar-refractivity contribution in [2.24, 2.45) is 0 Å². The van der Waals surface area contributed by atoms with Crippen LogP contribution in [-0.2, 0) is 4.74 Å². The molecule has 0 radical (unpaired) electrons. The summed E-state index contributed by atoms with van der Waals surface area (Å²) >= 11 is 0. The average Bonchev–Trinajstić information content (AvgIpc) is 2.83. The van der Waals surface area contributed by atoms with Crippen molar-refractivity contribution in [3.8, 4) is 11.5 Å². The Morgan fingerprint density at radius 1 is 0.775 bits per heavy atom. The van der Waals surface area contributed by atoms with Gasteiger partial charge in [0.2, 0.25) is 16.6 Å². The molecule has 2 aromatic carbocycles. The molecule has 0 aliphatic heterocycles. The summed E-state index contributed by atoms with van der Waals surface area (Å²) in [5.41, 5.74) is 2.93. The van der Waals surface area contributed by atoms with Gasteiger partial charge >= 0.3 is 5.97 Å². The lowest BCUT2D eigenvalue weighted by molar-refractivity contribution is 0.0194. The number of benzene rings is 2. The topological polar surface area (TPSA) is 48.0 Å². The van der Waals surface area contributed by atoms with Gasteiger partial charge in [0.1, 0.15) is 17.6 Å².